The highest BCUT2D eigenvalue weighted by Crippen LogP contribution is 2.38. The molecule has 21 heavy (non-hydrogen) atoms. The van der Waals surface area contributed by atoms with Gasteiger partial charge in [0.15, 0.2) is 0 Å². The normalized spacial score (nSPS) is 25.6. The number of hydrogen-bond acceptors (Lipinski definition) is 2. The van der Waals surface area contributed by atoms with Crippen LogP contribution in [0.15, 0.2) is 24.3 Å². The van der Waals surface area contributed by atoms with Crippen LogP contribution in [-0.2, 0) is 11.2 Å². The van der Waals surface area contributed by atoms with Gasteiger partial charge in [-0.2, -0.15) is 0 Å². The number of aryl methyl sites for hydroxylation is 1. The molecule has 2 fully saturated rings. The lowest BCUT2D eigenvalue weighted by Crippen LogP contribution is -2.33. The maximum absolute atomic E-state index is 12.7. The van der Waals surface area contributed by atoms with E-state index in [1.165, 1.54) is 11.1 Å². The molecule has 0 spiro atoms. The lowest BCUT2D eigenvalue weighted by atomic mass is 10.1. The molecule has 1 N–H and O–H groups in total. The Morgan fingerprint density at radius 1 is 1.19 bits per heavy atom. The number of rotatable bonds is 6. The standard InChI is InChI=1S/C18H26N2O/c1-3-5-6-16-18(21)20(15-11-12-15)17(19-16)14-9-7-13(4-2)8-10-14/h7-10,15-17,19H,3-6,11-12H2,1-2H3. The number of amides is 1. The molecule has 1 aliphatic heterocycles. The molecule has 1 aliphatic carbocycles. The summed E-state index contributed by atoms with van der Waals surface area (Å²) in [7, 11) is 0. The Morgan fingerprint density at radius 2 is 1.90 bits per heavy atom. The highest BCUT2D eigenvalue weighted by molar-refractivity contribution is 5.85. The van der Waals surface area contributed by atoms with Gasteiger partial charge in [0.1, 0.15) is 6.17 Å². The monoisotopic (exact) mass is 286 g/mol. The Kier molecular flexibility index (Phi) is 4.29. The van der Waals surface area contributed by atoms with E-state index in [1.807, 2.05) is 0 Å². The number of carbonyl (C=O) groups excluding carboxylic acids is 1. The number of unbranched alkanes of at least 4 members (excludes halogenated alkanes) is 1. The summed E-state index contributed by atoms with van der Waals surface area (Å²) in [6.45, 7) is 4.35. The van der Waals surface area contributed by atoms with Crippen molar-refractivity contribution in [1.29, 1.82) is 0 Å². The molecule has 1 aromatic carbocycles. The third-order valence-electron chi connectivity index (χ3n) is 4.68. The number of hydrogen-bond donors (Lipinski definition) is 1. The van der Waals surface area contributed by atoms with E-state index in [-0.39, 0.29) is 12.2 Å². The second-order valence-electron chi connectivity index (χ2n) is 6.34. The first-order valence-corrected chi connectivity index (χ1v) is 8.41. The van der Waals surface area contributed by atoms with Gasteiger partial charge in [-0.1, -0.05) is 51.0 Å². The highest BCUT2D eigenvalue weighted by Gasteiger charge is 2.46. The van der Waals surface area contributed by atoms with Crippen molar-refractivity contribution < 1.29 is 4.79 Å². The zero-order chi connectivity index (χ0) is 14.8. The lowest BCUT2D eigenvalue weighted by Gasteiger charge is -2.24. The van der Waals surface area contributed by atoms with Gasteiger partial charge in [-0.05, 0) is 36.8 Å². The molecule has 0 aromatic heterocycles. The van der Waals surface area contributed by atoms with Gasteiger partial charge in [0.2, 0.25) is 5.91 Å². The average molecular weight is 286 g/mol. The van der Waals surface area contributed by atoms with Crippen molar-refractivity contribution >= 4 is 5.91 Å². The molecule has 3 heteroatoms. The van der Waals surface area contributed by atoms with Gasteiger partial charge in [-0.15, -0.1) is 0 Å². The van der Waals surface area contributed by atoms with E-state index in [0.717, 1.165) is 38.5 Å². The van der Waals surface area contributed by atoms with Crippen LogP contribution in [-0.4, -0.2) is 22.9 Å². The molecule has 114 valence electrons. The summed E-state index contributed by atoms with van der Waals surface area (Å²) < 4.78 is 0. The van der Waals surface area contributed by atoms with Crippen LogP contribution in [0.3, 0.4) is 0 Å². The minimum absolute atomic E-state index is 0.0152. The second kappa shape index (κ2) is 6.18. The molecule has 2 unspecified atom stereocenters. The van der Waals surface area contributed by atoms with Crippen LogP contribution < -0.4 is 5.32 Å². The first kappa shape index (κ1) is 14.6. The highest BCUT2D eigenvalue weighted by atomic mass is 16.2. The minimum atomic E-state index is 0.0152. The van der Waals surface area contributed by atoms with Crippen LogP contribution in [0.4, 0.5) is 0 Å². The summed E-state index contributed by atoms with van der Waals surface area (Å²) >= 11 is 0. The first-order chi connectivity index (χ1) is 10.2. The fraction of sp³-hybridized carbons (Fsp3) is 0.611. The average Bonchev–Trinajstić information content (AvgIpc) is 3.30. The summed E-state index contributed by atoms with van der Waals surface area (Å²) in [6.07, 6.45) is 6.69. The summed E-state index contributed by atoms with van der Waals surface area (Å²) in [5.74, 6) is 0.315. The fourth-order valence-electron chi connectivity index (χ4n) is 3.20. The van der Waals surface area contributed by atoms with Crippen LogP contribution in [0.1, 0.15) is 63.2 Å². The first-order valence-electron chi connectivity index (χ1n) is 8.41. The number of benzene rings is 1. The molecular weight excluding hydrogens is 260 g/mol. The Bertz CT molecular complexity index is 492. The molecule has 1 aromatic rings. The second-order valence-corrected chi connectivity index (χ2v) is 6.34. The van der Waals surface area contributed by atoms with Crippen LogP contribution in [0, 0.1) is 0 Å². The third kappa shape index (κ3) is 2.98. The van der Waals surface area contributed by atoms with Crippen molar-refractivity contribution in [3.8, 4) is 0 Å². The predicted molar refractivity (Wildman–Crippen MR) is 84.9 cm³/mol. The van der Waals surface area contributed by atoms with Gasteiger partial charge < -0.3 is 4.90 Å². The van der Waals surface area contributed by atoms with E-state index >= 15 is 0 Å². The van der Waals surface area contributed by atoms with Crippen molar-refractivity contribution in [3.63, 3.8) is 0 Å². The van der Waals surface area contributed by atoms with Gasteiger partial charge in [0, 0.05) is 6.04 Å². The molecule has 1 saturated carbocycles. The Morgan fingerprint density at radius 3 is 2.48 bits per heavy atom. The molecule has 3 nitrogen and oxygen atoms in total. The predicted octanol–water partition coefficient (Wildman–Crippen LogP) is 3.40. The number of nitrogens with one attached hydrogen (secondary N) is 1. The lowest BCUT2D eigenvalue weighted by molar-refractivity contribution is -0.130. The van der Waals surface area contributed by atoms with Crippen LogP contribution in [0.25, 0.3) is 0 Å². The maximum atomic E-state index is 12.7. The summed E-state index contributed by atoms with van der Waals surface area (Å²) in [6, 6.07) is 9.22. The molecule has 1 saturated heterocycles. The van der Waals surface area contributed by atoms with E-state index in [4.69, 9.17) is 0 Å². The topological polar surface area (TPSA) is 32.3 Å². The van der Waals surface area contributed by atoms with Gasteiger partial charge in [0.25, 0.3) is 0 Å². The molecule has 0 bridgehead atoms. The van der Waals surface area contributed by atoms with Crippen molar-refractivity contribution in [2.45, 2.75) is 70.6 Å². The molecular formula is C18H26N2O. The third-order valence-corrected chi connectivity index (χ3v) is 4.68. The van der Waals surface area contributed by atoms with Crippen molar-refractivity contribution in [3.05, 3.63) is 35.4 Å². The molecule has 1 heterocycles. The summed E-state index contributed by atoms with van der Waals surface area (Å²) in [4.78, 5) is 14.8. The summed E-state index contributed by atoms with van der Waals surface area (Å²) in [5.41, 5.74) is 2.58. The zero-order valence-corrected chi connectivity index (χ0v) is 13.1. The van der Waals surface area contributed by atoms with E-state index in [0.29, 0.717) is 11.9 Å². The van der Waals surface area contributed by atoms with Crippen LogP contribution >= 0.6 is 0 Å². The SMILES string of the molecule is CCCCC1NC(c2ccc(CC)cc2)N(C2CC2)C1=O. The Balaban J connectivity index is 1.79. The van der Waals surface area contributed by atoms with E-state index in [1.54, 1.807) is 0 Å². The molecule has 2 aliphatic rings. The summed E-state index contributed by atoms with van der Waals surface area (Å²) in [5, 5.41) is 3.58. The Hall–Kier alpha value is -1.35. The van der Waals surface area contributed by atoms with E-state index < -0.39 is 0 Å². The van der Waals surface area contributed by atoms with Crippen molar-refractivity contribution in [2.24, 2.45) is 0 Å². The van der Waals surface area contributed by atoms with Crippen LogP contribution in [0.5, 0.6) is 0 Å². The molecule has 0 radical (unpaired) electrons. The van der Waals surface area contributed by atoms with E-state index in [9.17, 15) is 4.79 Å². The minimum Gasteiger partial charge on any atom is -0.319 e. The molecule has 3 rings (SSSR count). The van der Waals surface area contributed by atoms with E-state index in [2.05, 4.69) is 48.3 Å². The van der Waals surface area contributed by atoms with Crippen molar-refractivity contribution in [1.82, 2.24) is 10.2 Å². The van der Waals surface area contributed by atoms with Crippen LogP contribution in [0.2, 0.25) is 0 Å². The zero-order valence-electron chi connectivity index (χ0n) is 13.1. The fourth-order valence-corrected chi connectivity index (χ4v) is 3.20. The van der Waals surface area contributed by atoms with Crippen molar-refractivity contribution in [2.75, 3.05) is 0 Å². The number of nitrogens with zero attached hydrogens (tertiary/aromatic N) is 1. The Labute approximate surface area is 127 Å². The number of carbonyl (C=O) groups is 1. The maximum Gasteiger partial charge on any atom is 0.241 e. The molecule has 2 atom stereocenters. The quantitative estimate of drug-likeness (QED) is 0.869. The van der Waals surface area contributed by atoms with Gasteiger partial charge in [-0.25, -0.2) is 0 Å². The smallest absolute Gasteiger partial charge is 0.241 e. The van der Waals surface area contributed by atoms with Gasteiger partial charge >= 0.3 is 0 Å². The molecule has 1 amide bonds. The van der Waals surface area contributed by atoms with Gasteiger partial charge in [-0.3, -0.25) is 10.1 Å². The largest absolute Gasteiger partial charge is 0.319 e. The van der Waals surface area contributed by atoms with Gasteiger partial charge in [0.05, 0.1) is 6.04 Å².